The maximum absolute atomic E-state index is 11.8. The number of nitrogens with zero attached hydrogens (tertiary/aromatic N) is 4. The Hall–Kier alpha value is -2.64. The first-order valence-corrected chi connectivity index (χ1v) is 7.15. The lowest BCUT2D eigenvalue weighted by Crippen LogP contribution is -2.40. The predicted octanol–water partition coefficient (Wildman–Crippen LogP) is -0.701. The van der Waals surface area contributed by atoms with Crippen molar-refractivity contribution in [3.8, 4) is 0 Å². The zero-order chi connectivity index (χ0) is 15.7. The highest BCUT2D eigenvalue weighted by atomic mass is 16.2. The summed E-state index contributed by atoms with van der Waals surface area (Å²) < 4.78 is 2.43. The van der Waals surface area contributed by atoms with E-state index in [1.807, 2.05) is 4.90 Å². The Bertz CT molecular complexity index is 819. The van der Waals surface area contributed by atoms with Crippen LogP contribution in [0.3, 0.4) is 0 Å². The van der Waals surface area contributed by atoms with Gasteiger partial charge in [0.05, 0.1) is 12.6 Å². The van der Waals surface area contributed by atoms with Gasteiger partial charge in [0.15, 0.2) is 0 Å². The Morgan fingerprint density at radius 2 is 2.14 bits per heavy atom. The van der Waals surface area contributed by atoms with E-state index >= 15 is 0 Å². The number of anilines is 1. The highest BCUT2D eigenvalue weighted by Crippen LogP contribution is 2.22. The van der Waals surface area contributed by atoms with E-state index < -0.39 is 5.69 Å². The Balaban J connectivity index is 1.91. The molecule has 0 bridgehead atoms. The minimum atomic E-state index is -0.442. The van der Waals surface area contributed by atoms with E-state index in [2.05, 4.69) is 10.1 Å². The van der Waals surface area contributed by atoms with Gasteiger partial charge in [-0.25, -0.2) is 9.48 Å². The molecule has 0 amide bonds. The fourth-order valence-corrected chi connectivity index (χ4v) is 2.76. The van der Waals surface area contributed by atoms with Gasteiger partial charge in [-0.2, -0.15) is 5.10 Å². The first kappa shape index (κ1) is 14.3. The number of nitrogens with one attached hydrogen (secondary N) is 1. The second kappa shape index (κ2) is 5.63. The molecule has 2 aromatic rings. The van der Waals surface area contributed by atoms with E-state index in [1.54, 1.807) is 12.3 Å². The van der Waals surface area contributed by atoms with Gasteiger partial charge in [-0.3, -0.25) is 19.1 Å². The maximum atomic E-state index is 11.8. The molecular weight excluding hydrogens is 286 g/mol. The average Bonchev–Trinajstić information content (AvgIpc) is 2.95. The van der Waals surface area contributed by atoms with E-state index in [0.29, 0.717) is 12.4 Å². The Kier molecular flexibility index (Phi) is 3.66. The molecule has 0 radical (unpaired) electrons. The molecule has 1 unspecified atom stereocenters. The van der Waals surface area contributed by atoms with Crippen LogP contribution < -0.4 is 21.7 Å². The number of aromatic nitrogens is 4. The third-order valence-corrected chi connectivity index (χ3v) is 3.99. The Morgan fingerprint density at radius 3 is 2.86 bits per heavy atom. The number of H-pyrrole nitrogens is 1. The molecule has 3 rings (SSSR count). The fraction of sp³-hybridized carbons (Fsp3) is 0.429. The summed E-state index contributed by atoms with van der Waals surface area (Å²) >= 11 is 0. The van der Waals surface area contributed by atoms with E-state index in [9.17, 15) is 14.4 Å². The molecule has 1 N–H and O–H groups in total. The van der Waals surface area contributed by atoms with Gasteiger partial charge in [-0.1, -0.05) is 0 Å². The lowest BCUT2D eigenvalue weighted by molar-refractivity contribution is 0.486. The van der Waals surface area contributed by atoms with Crippen LogP contribution in [0.1, 0.15) is 12.8 Å². The summed E-state index contributed by atoms with van der Waals surface area (Å²) in [5.74, 6) is 0.500. The van der Waals surface area contributed by atoms with Gasteiger partial charge in [0.25, 0.3) is 11.1 Å². The number of hydrogen-bond donors (Lipinski definition) is 1. The van der Waals surface area contributed by atoms with Crippen molar-refractivity contribution in [2.75, 3.05) is 11.4 Å². The molecule has 8 nitrogen and oxygen atoms in total. The third kappa shape index (κ3) is 2.59. The number of hydrogen-bond acceptors (Lipinski definition) is 5. The molecule has 1 aliphatic rings. The van der Waals surface area contributed by atoms with Crippen molar-refractivity contribution in [3.63, 3.8) is 0 Å². The van der Waals surface area contributed by atoms with Gasteiger partial charge >= 0.3 is 5.69 Å². The first-order valence-electron chi connectivity index (χ1n) is 7.15. The molecule has 116 valence electrons. The van der Waals surface area contributed by atoms with Gasteiger partial charge in [-0.15, -0.1) is 0 Å². The Morgan fingerprint density at radius 1 is 1.32 bits per heavy atom. The van der Waals surface area contributed by atoms with Crippen LogP contribution in [0, 0.1) is 0 Å². The highest BCUT2D eigenvalue weighted by molar-refractivity contribution is 5.39. The van der Waals surface area contributed by atoms with Crippen molar-refractivity contribution in [3.05, 3.63) is 55.6 Å². The molecule has 1 aliphatic heterocycles. The SMILES string of the molecule is Cn1c(=O)cc(N2CCCC2Cn2ncccc2=O)[nH]c1=O. The molecule has 0 aromatic carbocycles. The molecule has 3 heterocycles. The van der Waals surface area contributed by atoms with Crippen molar-refractivity contribution >= 4 is 5.82 Å². The fourth-order valence-electron chi connectivity index (χ4n) is 2.76. The summed E-state index contributed by atoms with van der Waals surface area (Å²) in [6, 6.07) is 4.51. The summed E-state index contributed by atoms with van der Waals surface area (Å²) in [4.78, 5) is 40.0. The van der Waals surface area contributed by atoms with E-state index in [4.69, 9.17) is 0 Å². The molecule has 8 heteroatoms. The molecule has 22 heavy (non-hydrogen) atoms. The normalized spacial score (nSPS) is 17.9. The van der Waals surface area contributed by atoms with Gasteiger partial charge < -0.3 is 4.90 Å². The van der Waals surface area contributed by atoms with Gasteiger partial charge in [0.2, 0.25) is 0 Å². The van der Waals surface area contributed by atoms with Gasteiger partial charge in [0.1, 0.15) is 5.82 Å². The molecule has 0 saturated carbocycles. The van der Waals surface area contributed by atoms with E-state index in [1.165, 1.54) is 23.9 Å². The summed E-state index contributed by atoms with van der Waals surface area (Å²) in [5, 5.41) is 4.06. The molecule has 2 aromatic heterocycles. The van der Waals surface area contributed by atoms with Crippen molar-refractivity contribution in [2.24, 2.45) is 7.05 Å². The summed E-state index contributed by atoms with van der Waals surface area (Å²) in [5.41, 5.74) is -0.950. The number of rotatable bonds is 3. The van der Waals surface area contributed by atoms with E-state index in [0.717, 1.165) is 24.0 Å². The summed E-state index contributed by atoms with van der Waals surface area (Å²) in [6.07, 6.45) is 3.38. The highest BCUT2D eigenvalue weighted by Gasteiger charge is 2.26. The van der Waals surface area contributed by atoms with Gasteiger partial charge in [0, 0.05) is 31.9 Å². The molecule has 1 atom stereocenters. The van der Waals surface area contributed by atoms with E-state index in [-0.39, 0.29) is 17.2 Å². The van der Waals surface area contributed by atoms with Crippen LogP contribution in [0.5, 0.6) is 0 Å². The first-order chi connectivity index (χ1) is 10.6. The summed E-state index contributed by atoms with van der Waals surface area (Å²) in [7, 11) is 1.43. The second-order valence-electron chi connectivity index (χ2n) is 5.39. The Labute approximate surface area is 125 Å². The molecule has 1 saturated heterocycles. The van der Waals surface area contributed by atoms with Crippen molar-refractivity contribution in [1.29, 1.82) is 0 Å². The van der Waals surface area contributed by atoms with Gasteiger partial charge in [-0.05, 0) is 18.9 Å². The second-order valence-corrected chi connectivity index (χ2v) is 5.39. The zero-order valence-electron chi connectivity index (χ0n) is 12.2. The standard InChI is InChI=1S/C14H17N5O3/c1-17-13(21)8-11(16-14(17)22)18-7-3-4-10(18)9-19-12(20)5-2-6-15-19/h2,5-6,8,10H,3-4,7,9H2,1H3,(H,16,22). The predicted molar refractivity (Wildman–Crippen MR) is 81.2 cm³/mol. The largest absolute Gasteiger partial charge is 0.353 e. The lowest BCUT2D eigenvalue weighted by atomic mass is 10.2. The maximum Gasteiger partial charge on any atom is 0.329 e. The summed E-state index contributed by atoms with van der Waals surface area (Å²) in [6.45, 7) is 1.16. The van der Waals surface area contributed by atoms with Crippen molar-refractivity contribution in [1.82, 2.24) is 19.3 Å². The van der Waals surface area contributed by atoms with Crippen molar-refractivity contribution < 1.29 is 0 Å². The topological polar surface area (TPSA) is 93.0 Å². The van der Waals surface area contributed by atoms with Crippen molar-refractivity contribution in [2.45, 2.75) is 25.4 Å². The van der Waals surface area contributed by atoms with Crippen LogP contribution in [-0.2, 0) is 13.6 Å². The van der Waals surface area contributed by atoms with Crippen LogP contribution in [0.25, 0.3) is 0 Å². The number of aromatic amines is 1. The molecule has 0 spiro atoms. The minimum Gasteiger partial charge on any atom is -0.353 e. The van der Waals surface area contributed by atoms with Crippen LogP contribution >= 0.6 is 0 Å². The third-order valence-electron chi connectivity index (χ3n) is 3.99. The van der Waals surface area contributed by atoms with Crippen LogP contribution in [0.15, 0.2) is 38.8 Å². The zero-order valence-corrected chi connectivity index (χ0v) is 12.2. The monoisotopic (exact) mass is 303 g/mol. The molecule has 1 fully saturated rings. The molecular formula is C14H17N5O3. The minimum absolute atomic E-state index is 0.0235. The van der Waals surface area contributed by atoms with Crippen LogP contribution in [-0.4, -0.2) is 31.9 Å². The van der Waals surface area contributed by atoms with Crippen LogP contribution in [0.4, 0.5) is 5.82 Å². The quantitative estimate of drug-likeness (QED) is 0.809. The smallest absolute Gasteiger partial charge is 0.329 e. The average molecular weight is 303 g/mol. The molecule has 0 aliphatic carbocycles. The van der Waals surface area contributed by atoms with Crippen LogP contribution in [0.2, 0.25) is 0 Å². The lowest BCUT2D eigenvalue weighted by Gasteiger charge is -2.26.